The smallest absolute Gasteiger partial charge is 0.342 e. The molecule has 1 fully saturated rings. The summed E-state index contributed by atoms with van der Waals surface area (Å²) < 4.78 is 35.7. The van der Waals surface area contributed by atoms with Crippen LogP contribution in [-0.2, 0) is 4.79 Å². The van der Waals surface area contributed by atoms with Crippen molar-refractivity contribution in [2.45, 2.75) is 51.1 Å². The lowest BCUT2D eigenvalue weighted by Crippen LogP contribution is -2.39. The molecular formula is C13H23F3N2O. The second-order valence-corrected chi connectivity index (χ2v) is 5.04. The quantitative estimate of drug-likeness (QED) is 0.759. The van der Waals surface area contributed by atoms with Crippen molar-refractivity contribution in [3.05, 3.63) is 0 Å². The Balaban J connectivity index is 2.03. The summed E-state index contributed by atoms with van der Waals surface area (Å²) >= 11 is 0. The van der Waals surface area contributed by atoms with Crippen molar-refractivity contribution in [1.29, 1.82) is 0 Å². The van der Waals surface area contributed by atoms with E-state index in [-0.39, 0.29) is 18.9 Å². The molecule has 0 unspecified atom stereocenters. The van der Waals surface area contributed by atoms with E-state index in [9.17, 15) is 18.0 Å². The van der Waals surface area contributed by atoms with Gasteiger partial charge in [0.1, 0.15) is 0 Å². The number of hydrogen-bond acceptors (Lipinski definition) is 2. The first-order valence-corrected chi connectivity index (χ1v) is 7.04. The second-order valence-electron chi connectivity index (χ2n) is 5.04. The van der Waals surface area contributed by atoms with Crippen LogP contribution in [0.2, 0.25) is 0 Å². The fourth-order valence-electron chi connectivity index (χ4n) is 2.20. The zero-order valence-electron chi connectivity index (χ0n) is 11.3. The number of hydrogen-bond donors (Lipinski definition) is 1. The van der Waals surface area contributed by atoms with Crippen molar-refractivity contribution in [3.63, 3.8) is 0 Å². The minimum atomic E-state index is -4.07. The number of alkyl halides is 3. The van der Waals surface area contributed by atoms with Gasteiger partial charge in [-0.15, -0.1) is 0 Å². The summed E-state index contributed by atoms with van der Waals surface area (Å²) in [6.07, 6.45) is 0.218. The SMILES string of the molecule is O=C(CNCCCCC(F)(F)F)N1CCCCCC1. The van der Waals surface area contributed by atoms with Crippen molar-refractivity contribution < 1.29 is 18.0 Å². The Labute approximate surface area is 112 Å². The van der Waals surface area contributed by atoms with E-state index in [4.69, 9.17) is 0 Å². The second kappa shape index (κ2) is 8.40. The van der Waals surface area contributed by atoms with Crippen molar-refractivity contribution >= 4 is 5.91 Å². The van der Waals surface area contributed by atoms with Gasteiger partial charge in [-0.25, -0.2) is 0 Å². The molecule has 3 nitrogen and oxygen atoms in total. The highest BCUT2D eigenvalue weighted by atomic mass is 19.4. The lowest BCUT2D eigenvalue weighted by atomic mass is 10.2. The molecule has 112 valence electrons. The topological polar surface area (TPSA) is 32.3 Å². The average Bonchev–Trinajstić information content (AvgIpc) is 2.60. The lowest BCUT2D eigenvalue weighted by molar-refractivity contribution is -0.136. The van der Waals surface area contributed by atoms with Gasteiger partial charge in [0.05, 0.1) is 6.54 Å². The molecule has 1 heterocycles. The molecule has 0 aromatic heterocycles. The van der Waals surface area contributed by atoms with Crippen LogP contribution in [0.4, 0.5) is 13.2 Å². The Morgan fingerprint density at radius 1 is 1.05 bits per heavy atom. The number of carbonyl (C=O) groups is 1. The van der Waals surface area contributed by atoms with E-state index in [2.05, 4.69) is 5.32 Å². The molecule has 0 aliphatic carbocycles. The molecule has 6 heteroatoms. The Morgan fingerprint density at radius 2 is 1.68 bits per heavy atom. The fraction of sp³-hybridized carbons (Fsp3) is 0.923. The number of carbonyl (C=O) groups excluding carboxylic acids is 1. The largest absolute Gasteiger partial charge is 0.389 e. The minimum Gasteiger partial charge on any atom is -0.342 e. The molecule has 1 aliphatic heterocycles. The highest BCUT2D eigenvalue weighted by molar-refractivity contribution is 5.78. The van der Waals surface area contributed by atoms with Crippen LogP contribution >= 0.6 is 0 Å². The van der Waals surface area contributed by atoms with Crippen molar-refractivity contribution in [2.75, 3.05) is 26.2 Å². The minimum absolute atomic E-state index is 0.0673. The average molecular weight is 280 g/mol. The van der Waals surface area contributed by atoms with Crippen LogP contribution in [0.1, 0.15) is 44.9 Å². The zero-order chi connectivity index (χ0) is 14.1. The molecule has 1 rings (SSSR count). The summed E-state index contributed by atoms with van der Waals surface area (Å²) in [5.74, 6) is 0.0673. The number of nitrogens with zero attached hydrogens (tertiary/aromatic N) is 1. The highest BCUT2D eigenvalue weighted by Crippen LogP contribution is 2.21. The van der Waals surface area contributed by atoms with Crippen molar-refractivity contribution in [3.8, 4) is 0 Å². The van der Waals surface area contributed by atoms with Crippen LogP contribution in [0.15, 0.2) is 0 Å². The Kier molecular flexibility index (Phi) is 7.20. The third kappa shape index (κ3) is 8.08. The van der Waals surface area contributed by atoms with E-state index >= 15 is 0 Å². The van der Waals surface area contributed by atoms with Crippen LogP contribution < -0.4 is 5.32 Å². The molecule has 19 heavy (non-hydrogen) atoms. The van der Waals surface area contributed by atoms with Crippen LogP contribution in [0.25, 0.3) is 0 Å². The Morgan fingerprint density at radius 3 is 2.26 bits per heavy atom. The standard InChI is InChI=1S/C13H23F3N2O/c14-13(15,16)7-3-4-8-17-11-12(19)18-9-5-1-2-6-10-18/h17H,1-11H2. The molecule has 0 spiro atoms. The van der Waals surface area contributed by atoms with E-state index in [0.717, 1.165) is 25.9 Å². The molecule has 0 saturated carbocycles. The predicted molar refractivity (Wildman–Crippen MR) is 67.8 cm³/mol. The molecular weight excluding hydrogens is 257 g/mol. The Bertz CT molecular complexity index is 261. The van der Waals surface area contributed by atoms with Gasteiger partial charge >= 0.3 is 6.18 Å². The molecule has 0 bridgehead atoms. The summed E-state index contributed by atoms with van der Waals surface area (Å²) in [5, 5.41) is 2.93. The van der Waals surface area contributed by atoms with Gasteiger partial charge in [-0.2, -0.15) is 13.2 Å². The van der Waals surface area contributed by atoms with E-state index in [1.54, 1.807) is 0 Å². The molecule has 1 amide bonds. The van der Waals surface area contributed by atoms with Gasteiger partial charge in [0.25, 0.3) is 0 Å². The fourth-order valence-corrected chi connectivity index (χ4v) is 2.20. The number of amides is 1. The monoisotopic (exact) mass is 280 g/mol. The number of nitrogens with one attached hydrogen (secondary N) is 1. The van der Waals surface area contributed by atoms with Gasteiger partial charge < -0.3 is 10.2 Å². The van der Waals surface area contributed by atoms with E-state index in [1.165, 1.54) is 12.8 Å². The van der Waals surface area contributed by atoms with Gasteiger partial charge in [0.2, 0.25) is 5.91 Å². The van der Waals surface area contributed by atoms with Crippen LogP contribution in [-0.4, -0.2) is 43.2 Å². The first-order valence-electron chi connectivity index (χ1n) is 7.04. The summed E-state index contributed by atoms with van der Waals surface area (Å²) in [5.41, 5.74) is 0. The number of rotatable bonds is 6. The predicted octanol–water partition coefficient (Wildman–Crippen LogP) is 2.71. The van der Waals surface area contributed by atoms with E-state index < -0.39 is 12.6 Å². The van der Waals surface area contributed by atoms with Gasteiger partial charge in [-0.1, -0.05) is 12.8 Å². The molecule has 1 aliphatic rings. The van der Waals surface area contributed by atoms with Gasteiger partial charge in [-0.05, 0) is 32.2 Å². The molecule has 0 aromatic carbocycles. The maximum atomic E-state index is 11.9. The zero-order valence-corrected chi connectivity index (χ0v) is 11.3. The van der Waals surface area contributed by atoms with Gasteiger partial charge in [0.15, 0.2) is 0 Å². The lowest BCUT2D eigenvalue weighted by Gasteiger charge is -2.20. The van der Waals surface area contributed by atoms with Gasteiger partial charge in [-0.3, -0.25) is 4.79 Å². The highest BCUT2D eigenvalue weighted by Gasteiger charge is 2.25. The van der Waals surface area contributed by atoms with Crippen LogP contribution in [0, 0.1) is 0 Å². The Hall–Kier alpha value is -0.780. The number of unbranched alkanes of at least 4 members (excludes halogenated alkanes) is 1. The van der Waals surface area contributed by atoms with Crippen molar-refractivity contribution in [1.82, 2.24) is 10.2 Å². The summed E-state index contributed by atoms with van der Waals surface area (Å²) in [6.45, 7) is 2.34. The third-order valence-corrected chi connectivity index (χ3v) is 3.30. The number of halogens is 3. The van der Waals surface area contributed by atoms with E-state index in [0.29, 0.717) is 13.0 Å². The molecule has 1 saturated heterocycles. The summed E-state index contributed by atoms with van der Waals surface area (Å²) in [4.78, 5) is 13.7. The first kappa shape index (κ1) is 16.3. The van der Waals surface area contributed by atoms with Crippen LogP contribution in [0.5, 0.6) is 0 Å². The third-order valence-electron chi connectivity index (χ3n) is 3.30. The maximum absolute atomic E-state index is 11.9. The van der Waals surface area contributed by atoms with E-state index in [1.807, 2.05) is 4.90 Å². The molecule has 0 atom stereocenters. The molecule has 0 aromatic rings. The van der Waals surface area contributed by atoms with Crippen molar-refractivity contribution in [2.24, 2.45) is 0 Å². The summed E-state index contributed by atoms with van der Waals surface area (Å²) in [7, 11) is 0. The first-order chi connectivity index (χ1) is 8.99. The maximum Gasteiger partial charge on any atom is 0.389 e. The molecule has 1 N–H and O–H groups in total. The van der Waals surface area contributed by atoms with Gasteiger partial charge in [0, 0.05) is 19.5 Å². The van der Waals surface area contributed by atoms with Crippen LogP contribution in [0.3, 0.4) is 0 Å². The normalized spacial score (nSPS) is 17.3. The summed E-state index contributed by atoms with van der Waals surface area (Å²) in [6, 6.07) is 0. The number of likely N-dealkylation sites (tertiary alicyclic amines) is 1. The molecule has 0 radical (unpaired) electrons.